The van der Waals surface area contributed by atoms with Gasteiger partial charge in [0, 0.05) is 48.0 Å². The Labute approximate surface area is 206 Å². The van der Waals surface area contributed by atoms with Gasteiger partial charge in [-0.3, -0.25) is 19.5 Å². The number of carbonyl (C=O) groups is 3. The van der Waals surface area contributed by atoms with Crippen molar-refractivity contribution < 1.29 is 18.8 Å². The number of benzene rings is 1. The van der Waals surface area contributed by atoms with Crippen molar-refractivity contribution in [3.05, 3.63) is 88.1 Å². The number of likely N-dealkylation sites (tertiary alicyclic amines) is 1. The Morgan fingerprint density at radius 1 is 1.11 bits per heavy atom. The van der Waals surface area contributed by atoms with Crippen molar-refractivity contribution in [1.82, 2.24) is 20.1 Å². The second-order valence-corrected chi connectivity index (χ2v) is 9.87. The summed E-state index contributed by atoms with van der Waals surface area (Å²) in [5.41, 5.74) is -0.136. The smallest absolute Gasteiger partial charge is 0.325 e. The lowest BCUT2D eigenvalue weighted by Crippen LogP contribution is -2.54. The maximum Gasteiger partial charge on any atom is 0.325 e. The quantitative estimate of drug-likeness (QED) is 0.531. The lowest BCUT2D eigenvalue weighted by atomic mass is 9.73. The molecule has 0 spiro atoms. The normalized spacial score (nSPS) is 20.8. The van der Waals surface area contributed by atoms with Crippen molar-refractivity contribution in [2.75, 3.05) is 19.6 Å². The van der Waals surface area contributed by atoms with Crippen LogP contribution in [0.15, 0.2) is 66.3 Å². The summed E-state index contributed by atoms with van der Waals surface area (Å²) in [7, 11) is 0. The SMILES string of the molecule is O=C(c1ccc(F)cc1)N1CCC([C@@]2(c3cccnc3)NC(=O)N(CCc3cccs3)C2=O)CC1. The zero-order chi connectivity index (χ0) is 24.4. The Balaban J connectivity index is 1.36. The predicted octanol–water partition coefficient (Wildman–Crippen LogP) is 3.82. The van der Waals surface area contributed by atoms with Crippen LogP contribution in [0.5, 0.6) is 0 Å². The molecule has 0 aliphatic carbocycles. The van der Waals surface area contributed by atoms with Gasteiger partial charge in [0.25, 0.3) is 11.8 Å². The second-order valence-electron chi connectivity index (χ2n) is 8.84. The van der Waals surface area contributed by atoms with Crippen LogP contribution in [0.4, 0.5) is 9.18 Å². The molecule has 1 aromatic carbocycles. The summed E-state index contributed by atoms with van der Waals surface area (Å²) in [6, 6.07) is 12.6. The monoisotopic (exact) mass is 492 g/mol. The van der Waals surface area contributed by atoms with Crippen LogP contribution in [0.3, 0.4) is 0 Å². The van der Waals surface area contributed by atoms with Crippen molar-refractivity contribution in [3.63, 3.8) is 0 Å². The summed E-state index contributed by atoms with van der Waals surface area (Å²) < 4.78 is 13.3. The van der Waals surface area contributed by atoms with Gasteiger partial charge in [0.15, 0.2) is 5.54 Å². The molecular weight excluding hydrogens is 467 g/mol. The van der Waals surface area contributed by atoms with E-state index in [0.717, 1.165) is 4.88 Å². The number of urea groups is 1. The van der Waals surface area contributed by atoms with Gasteiger partial charge in [-0.05, 0) is 67.0 Å². The van der Waals surface area contributed by atoms with Gasteiger partial charge in [-0.25, -0.2) is 9.18 Å². The van der Waals surface area contributed by atoms with E-state index < -0.39 is 17.4 Å². The minimum absolute atomic E-state index is 0.168. The molecule has 2 aliphatic rings. The molecule has 9 heteroatoms. The fourth-order valence-corrected chi connectivity index (χ4v) is 5.77. The molecule has 0 bridgehead atoms. The van der Waals surface area contributed by atoms with E-state index >= 15 is 0 Å². The first-order valence-electron chi connectivity index (χ1n) is 11.6. The van der Waals surface area contributed by atoms with Crippen LogP contribution in [0.1, 0.15) is 33.6 Å². The zero-order valence-corrected chi connectivity index (χ0v) is 19.8. The third-order valence-corrected chi connectivity index (χ3v) is 7.83. The summed E-state index contributed by atoms with van der Waals surface area (Å²) in [5.74, 6) is -1.03. The summed E-state index contributed by atoms with van der Waals surface area (Å²) in [6.45, 7) is 1.16. The highest BCUT2D eigenvalue weighted by Gasteiger charge is 2.57. The van der Waals surface area contributed by atoms with Gasteiger partial charge < -0.3 is 10.2 Å². The summed E-state index contributed by atoms with van der Waals surface area (Å²) in [6.07, 6.45) is 4.94. The lowest BCUT2D eigenvalue weighted by Gasteiger charge is -2.41. The molecule has 5 rings (SSSR count). The van der Waals surface area contributed by atoms with Gasteiger partial charge >= 0.3 is 6.03 Å². The van der Waals surface area contributed by atoms with E-state index in [1.54, 1.807) is 34.7 Å². The summed E-state index contributed by atoms with van der Waals surface area (Å²) in [4.78, 5) is 48.2. The first-order chi connectivity index (χ1) is 17.0. The van der Waals surface area contributed by atoms with E-state index in [1.807, 2.05) is 23.6 Å². The number of nitrogens with one attached hydrogen (secondary N) is 1. The van der Waals surface area contributed by atoms with Gasteiger partial charge in [0.2, 0.25) is 0 Å². The van der Waals surface area contributed by atoms with Crippen LogP contribution < -0.4 is 5.32 Å². The van der Waals surface area contributed by atoms with Gasteiger partial charge in [-0.15, -0.1) is 11.3 Å². The second kappa shape index (κ2) is 9.58. The van der Waals surface area contributed by atoms with E-state index in [4.69, 9.17) is 0 Å². The number of thiophene rings is 1. The van der Waals surface area contributed by atoms with E-state index in [-0.39, 0.29) is 17.7 Å². The molecule has 1 N–H and O–H groups in total. The summed E-state index contributed by atoms with van der Waals surface area (Å²) >= 11 is 1.60. The third-order valence-electron chi connectivity index (χ3n) is 6.90. The molecule has 2 saturated heterocycles. The standard InChI is InChI=1S/C26H25FN4O3S/c27-21-7-5-18(6-8-21)23(32)30-13-9-19(10-14-30)26(20-3-1-12-28-17-20)24(33)31(25(34)29-26)15-11-22-4-2-16-35-22/h1-8,12,16-17,19H,9-11,13-15H2,(H,29,34)/t26-/m0/s1. The van der Waals surface area contributed by atoms with Crippen molar-refractivity contribution in [1.29, 1.82) is 0 Å². The molecule has 35 heavy (non-hydrogen) atoms. The van der Waals surface area contributed by atoms with Crippen LogP contribution in [0.25, 0.3) is 0 Å². The number of nitrogens with zero attached hydrogens (tertiary/aromatic N) is 3. The fraction of sp³-hybridized carbons (Fsp3) is 0.308. The highest BCUT2D eigenvalue weighted by atomic mass is 32.1. The Morgan fingerprint density at radius 2 is 1.89 bits per heavy atom. The van der Waals surface area contributed by atoms with E-state index in [2.05, 4.69) is 10.3 Å². The molecular formula is C26H25FN4O3S. The average Bonchev–Trinajstić information content (AvgIpc) is 3.50. The van der Waals surface area contributed by atoms with Crippen LogP contribution in [-0.4, -0.2) is 52.3 Å². The molecule has 2 aromatic heterocycles. The molecule has 180 valence electrons. The number of pyridine rings is 1. The first kappa shape index (κ1) is 23.2. The number of amides is 4. The molecule has 0 unspecified atom stereocenters. The van der Waals surface area contributed by atoms with Crippen molar-refractivity contribution in [2.24, 2.45) is 5.92 Å². The maximum absolute atomic E-state index is 13.9. The molecule has 1 atom stereocenters. The maximum atomic E-state index is 13.9. The number of hydrogen-bond donors (Lipinski definition) is 1. The van der Waals surface area contributed by atoms with Crippen LogP contribution in [0, 0.1) is 11.7 Å². The largest absolute Gasteiger partial charge is 0.339 e. The molecule has 7 nitrogen and oxygen atoms in total. The van der Waals surface area contributed by atoms with E-state index in [1.165, 1.54) is 29.2 Å². The molecule has 2 fully saturated rings. The highest BCUT2D eigenvalue weighted by Crippen LogP contribution is 2.41. The number of piperidine rings is 1. The number of aromatic nitrogens is 1. The topological polar surface area (TPSA) is 82.6 Å². The Kier molecular flexibility index (Phi) is 6.34. The van der Waals surface area contributed by atoms with Crippen LogP contribution >= 0.6 is 11.3 Å². The number of rotatable bonds is 6. The first-order valence-corrected chi connectivity index (χ1v) is 12.5. The highest BCUT2D eigenvalue weighted by molar-refractivity contribution is 7.09. The number of hydrogen-bond acceptors (Lipinski definition) is 5. The van der Waals surface area contributed by atoms with E-state index in [9.17, 15) is 18.8 Å². The van der Waals surface area contributed by atoms with Crippen molar-refractivity contribution >= 4 is 29.2 Å². The summed E-state index contributed by atoms with van der Waals surface area (Å²) in [5, 5.41) is 5.00. The average molecular weight is 493 g/mol. The van der Waals surface area contributed by atoms with E-state index in [0.29, 0.717) is 50.0 Å². The molecule has 4 amide bonds. The molecule has 3 aromatic rings. The van der Waals surface area contributed by atoms with Gasteiger partial charge in [0.05, 0.1) is 0 Å². The number of imide groups is 1. The van der Waals surface area contributed by atoms with Gasteiger partial charge in [0.1, 0.15) is 5.82 Å². The van der Waals surface area contributed by atoms with Crippen molar-refractivity contribution in [2.45, 2.75) is 24.8 Å². The molecule has 0 radical (unpaired) electrons. The Morgan fingerprint density at radius 3 is 2.54 bits per heavy atom. The van der Waals surface area contributed by atoms with Gasteiger partial charge in [-0.2, -0.15) is 0 Å². The minimum atomic E-state index is -1.22. The predicted molar refractivity (Wildman–Crippen MR) is 129 cm³/mol. The molecule has 0 saturated carbocycles. The van der Waals surface area contributed by atoms with Crippen molar-refractivity contribution in [3.8, 4) is 0 Å². The third kappa shape index (κ3) is 4.32. The number of halogens is 1. The Bertz CT molecular complexity index is 1210. The molecule has 2 aliphatic heterocycles. The number of carbonyl (C=O) groups excluding carboxylic acids is 3. The lowest BCUT2D eigenvalue weighted by molar-refractivity contribution is -0.134. The minimum Gasteiger partial charge on any atom is -0.339 e. The Hall–Kier alpha value is -3.59. The fourth-order valence-electron chi connectivity index (χ4n) is 5.07. The van der Waals surface area contributed by atoms with Gasteiger partial charge in [-0.1, -0.05) is 12.1 Å². The van der Waals surface area contributed by atoms with Crippen LogP contribution in [-0.2, 0) is 16.8 Å². The molecule has 4 heterocycles. The van der Waals surface area contributed by atoms with Crippen LogP contribution in [0.2, 0.25) is 0 Å². The zero-order valence-electron chi connectivity index (χ0n) is 19.0.